The molecule has 0 aromatic rings. The van der Waals surface area contributed by atoms with E-state index in [1.54, 1.807) is 0 Å². The van der Waals surface area contributed by atoms with Crippen LogP contribution in [-0.2, 0) is 4.74 Å². The molecular formula is C10H22O4. The molecule has 1 rings (SSSR count). The molecule has 4 heteroatoms. The highest BCUT2D eigenvalue weighted by molar-refractivity contribution is 4.71. The maximum Gasteiger partial charge on any atom is 0.156 e. The number of ether oxygens (including phenoxy) is 1. The first-order valence-electron chi connectivity index (χ1n) is 5.09. The van der Waals surface area contributed by atoms with Crippen LogP contribution >= 0.6 is 0 Å². The zero-order chi connectivity index (χ0) is 11.2. The molecule has 0 aromatic carbocycles. The second kappa shape index (κ2) is 6.35. The summed E-state index contributed by atoms with van der Waals surface area (Å²) in [4.78, 5) is 0. The average Bonchev–Trinajstić information content (AvgIpc) is 2.51. The van der Waals surface area contributed by atoms with E-state index in [1.807, 2.05) is 6.92 Å². The Morgan fingerprint density at radius 3 is 2.21 bits per heavy atom. The van der Waals surface area contributed by atoms with Gasteiger partial charge < -0.3 is 20.1 Å². The molecule has 0 radical (unpaired) electrons. The lowest BCUT2D eigenvalue weighted by Gasteiger charge is -2.14. The molecule has 0 aromatic heterocycles. The van der Waals surface area contributed by atoms with Gasteiger partial charge in [-0.05, 0) is 33.1 Å². The molecule has 3 N–H and O–H groups in total. The van der Waals surface area contributed by atoms with Gasteiger partial charge in [-0.1, -0.05) is 6.92 Å². The fourth-order valence-corrected chi connectivity index (χ4v) is 1.17. The Bertz CT molecular complexity index is 130. The van der Waals surface area contributed by atoms with Crippen molar-refractivity contribution in [3.63, 3.8) is 0 Å². The molecule has 1 saturated heterocycles. The lowest BCUT2D eigenvalue weighted by molar-refractivity contribution is -0.127. The van der Waals surface area contributed by atoms with Crippen molar-refractivity contribution in [2.75, 3.05) is 6.61 Å². The Labute approximate surface area is 85.5 Å². The van der Waals surface area contributed by atoms with E-state index in [4.69, 9.17) is 14.9 Å². The lowest BCUT2D eigenvalue weighted by Crippen LogP contribution is -2.23. The van der Waals surface area contributed by atoms with Crippen molar-refractivity contribution in [1.82, 2.24) is 0 Å². The fourth-order valence-electron chi connectivity index (χ4n) is 1.17. The Kier molecular flexibility index (Phi) is 6.27. The van der Waals surface area contributed by atoms with Gasteiger partial charge in [-0.15, -0.1) is 0 Å². The molecule has 1 heterocycles. The molecule has 1 fully saturated rings. The van der Waals surface area contributed by atoms with Crippen LogP contribution in [0.2, 0.25) is 0 Å². The number of aliphatic hydroxyl groups excluding tert-OH is 1. The monoisotopic (exact) mass is 206 g/mol. The number of hydrogen-bond acceptors (Lipinski definition) is 4. The maximum atomic E-state index is 9.23. The molecule has 1 aliphatic heterocycles. The van der Waals surface area contributed by atoms with E-state index in [0.29, 0.717) is 0 Å². The molecule has 14 heavy (non-hydrogen) atoms. The topological polar surface area (TPSA) is 69.9 Å². The van der Waals surface area contributed by atoms with Gasteiger partial charge in [-0.3, -0.25) is 0 Å². The van der Waals surface area contributed by atoms with Gasteiger partial charge in [0.1, 0.15) is 0 Å². The van der Waals surface area contributed by atoms with E-state index in [-0.39, 0.29) is 12.2 Å². The van der Waals surface area contributed by atoms with Crippen LogP contribution < -0.4 is 0 Å². The van der Waals surface area contributed by atoms with Crippen molar-refractivity contribution in [2.45, 2.75) is 58.0 Å². The standard InChI is InChI=1S/C7H14O2.C3H8O2/c1-2-6(8)7-4-3-5-9-7;1-3(2,4)5/h6-8H,2-5H2,1H3;4-5H,1-2H3. The van der Waals surface area contributed by atoms with E-state index in [0.717, 1.165) is 25.9 Å². The van der Waals surface area contributed by atoms with Gasteiger partial charge in [-0.2, -0.15) is 0 Å². The lowest BCUT2D eigenvalue weighted by atomic mass is 10.1. The van der Waals surface area contributed by atoms with Crippen molar-refractivity contribution in [2.24, 2.45) is 0 Å². The molecule has 86 valence electrons. The van der Waals surface area contributed by atoms with E-state index in [1.165, 1.54) is 13.8 Å². The third-order valence-electron chi connectivity index (χ3n) is 1.81. The maximum absolute atomic E-state index is 9.23. The number of aliphatic hydroxyl groups is 3. The summed E-state index contributed by atoms with van der Waals surface area (Å²) in [6.07, 6.45) is 2.86. The Morgan fingerprint density at radius 2 is 1.93 bits per heavy atom. The molecule has 0 aliphatic carbocycles. The summed E-state index contributed by atoms with van der Waals surface area (Å²) >= 11 is 0. The number of hydrogen-bond donors (Lipinski definition) is 3. The van der Waals surface area contributed by atoms with Crippen LogP contribution in [0.5, 0.6) is 0 Å². The summed E-state index contributed by atoms with van der Waals surface area (Å²) in [5.74, 6) is -1.50. The smallest absolute Gasteiger partial charge is 0.156 e. The fraction of sp³-hybridized carbons (Fsp3) is 1.00. The van der Waals surface area contributed by atoms with Crippen LogP contribution in [0.15, 0.2) is 0 Å². The summed E-state index contributed by atoms with van der Waals surface area (Å²) in [5, 5.41) is 25.4. The van der Waals surface area contributed by atoms with Crippen LogP contribution in [0.1, 0.15) is 40.0 Å². The summed E-state index contributed by atoms with van der Waals surface area (Å²) in [7, 11) is 0. The summed E-state index contributed by atoms with van der Waals surface area (Å²) in [5.41, 5.74) is 0. The van der Waals surface area contributed by atoms with Crippen molar-refractivity contribution >= 4 is 0 Å². The van der Waals surface area contributed by atoms with Crippen LogP contribution in [-0.4, -0.2) is 39.9 Å². The second-order valence-corrected chi connectivity index (χ2v) is 4.02. The predicted molar refractivity (Wildman–Crippen MR) is 53.8 cm³/mol. The second-order valence-electron chi connectivity index (χ2n) is 4.02. The number of rotatable bonds is 2. The Balaban J connectivity index is 0.000000292. The molecular weight excluding hydrogens is 184 g/mol. The van der Waals surface area contributed by atoms with E-state index in [9.17, 15) is 5.11 Å². The third-order valence-corrected chi connectivity index (χ3v) is 1.81. The van der Waals surface area contributed by atoms with E-state index >= 15 is 0 Å². The van der Waals surface area contributed by atoms with Crippen molar-refractivity contribution in [3.05, 3.63) is 0 Å². The zero-order valence-corrected chi connectivity index (χ0v) is 9.23. The quantitative estimate of drug-likeness (QED) is 0.580. The van der Waals surface area contributed by atoms with Crippen LogP contribution in [0, 0.1) is 0 Å². The normalized spacial score (nSPS) is 24.0. The molecule has 0 saturated carbocycles. The van der Waals surface area contributed by atoms with Gasteiger partial charge in [0.2, 0.25) is 0 Å². The van der Waals surface area contributed by atoms with Crippen molar-refractivity contribution < 1.29 is 20.1 Å². The van der Waals surface area contributed by atoms with Crippen LogP contribution in [0.25, 0.3) is 0 Å². The van der Waals surface area contributed by atoms with Gasteiger partial charge in [0.15, 0.2) is 5.79 Å². The van der Waals surface area contributed by atoms with Crippen LogP contribution in [0.4, 0.5) is 0 Å². The molecule has 0 bridgehead atoms. The van der Waals surface area contributed by atoms with Gasteiger partial charge in [0.25, 0.3) is 0 Å². The van der Waals surface area contributed by atoms with E-state index < -0.39 is 5.79 Å². The molecule has 0 spiro atoms. The molecule has 1 aliphatic rings. The third kappa shape index (κ3) is 8.44. The van der Waals surface area contributed by atoms with E-state index in [2.05, 4.69) is 0 Å². The van der Waals surface area contributed by atoms with Crippen molar-refractivity contribution in [3.8, 4) is 0 Å². The first-order chi connectivity index (χ1) is 6.34. The van der Waals surface area contributed by atoms with Gasteiger partial charge in [-0.25, -0.2) is 0 Å². The minimum absolute atomic E-state index is 0.134. The van der Waals surface area contributed by atoms with Crippen molar-refractivity contribution in [1.29, 1.82) is 0 Å². The Hall–Kier alpha value is -0.160. The van der Waals surface area contributed by atoms with Crippen LogP contribution in [0.3, 0.4) is 0 Å². The van der Waals surface area contributed by atoms with Gasteiger partial charge in [0.05, 0.1) is 12.2 Å². The first-order valence-corrected chi connectivity index (χ1v) is 5.09. The highest BCUT2D eigenvalue weighted by Crippen LogP contribution is 2.16. The minimum Gasteiger partial charge on any atom is -0.390 e. The zero-order valence-electron chi connectivity index (χ0n) is 9.23. The highest BCUT2D eigenvalue weighted by Gasteiger charge is 2.21. The first kappa shape index (κ1) is 13.8. The largest absolute Gasteiger partial charge is 0.390 e. The Morgan fingerprint density at radius 1 is 1.43 bits per heavy atom. The van der Waals surface area contributed by atoms with Gasteiger partial charge in [0, 0.05) is 6.61 Å². The SMILES string of the molecule is CC(C)(O)O.CCC(O)C1CCCO1. The molecule has 0 amide bonds. The summed E-state index contributed by atoms with van der Waals surface area (Å²) in [6.45, 7) is 5.41. The molecule has 2 unspecified atom stereocenters. The van der Waals surface area contributed by atoms with Gasteiger partial charge >= 0.3 is 0 Å². The highest BCUT2D eigenvalue weighted by atomic mass is 16.5. The minimum atomic E-state index is -1.50. The molecule has 4 nitrogen and oxygen atoms in total. The summed E-state index contributed by atoms with van der Waals surface area (Å²) < 4.78 is 5.26. The average molecular weight is 206 g/mol. The molecule has 2 atom stereocenters. The predicted octanol–water partition coefficient (Wildman–Crippen LogP) is 0.643. The summed E-state index contributed by atoms with van der Waals surface area (Å²) in [6, 6.07) is 0.